The summed E-state index contributed by atoms with van der Waals surface area (Å²) in [7, 11) is 0. The lowest BCUT2D eigenvalue weighted by Gasteiger charge is -2.23. The Labute approximate surface area is 158 Å². The number of benzene rings is 2. The molecule has 0 saturated heterocycles. The highest BCUT2D eigenvalue weighted by Gasteiger charge is 2.12. The van der Waals surface area contributed by atoms with E-state index in [1.54, 1.807) is 0 Å². The maximum absolute atomic E-state index is 9.23. The number of hydrogen-bond donors (Lipinski definition) is 4. The predicted molar refractivity (Wildman–Crippen MR) is 109 cm³/mol. The molecule has 0 aliphatic heterocycles. The van der Waals surface area contributed by atoms with Gasteiger partial charge in [-0.05, 0) is 23.1 Å². The third kappa shape index (κ3) is 4.36. The molecule has 0 atom stereocenters. The fourth-order valence-electron chi connectivity index (χ4n) is 3.21. The Bertz CT molecular complexity index is 862. The van der Waals surface area contributed by atoms with Gasteiger partial charge in [-0.15, -0.1) is 0 Å². The van der Waals surface area contributed by atoms with Crippen molar-refractivity contribution < 1.29 is 15.3 Å². The molecular weight excluding hydrogens is 342 g/mol. The zero-order valence-electron chi connectivity index (χ0n) is 15.2. The second-order valence-corrected chi connectivity index (χ2v) is 6.20. The average Bonchev–Trinajstić information content (AvgIpc) is 2.72. The summed E-state index contributed by atoms with van der Waals surface area (Å²) in [5.74, 6) is 0.734. The number of aliphatic hydroxyl groups is 3. The summed E-state index contributed by atoms with van der Waals surface area (Å²) in [5.41, 5.74) is 2.94. The monoisotopic (exact) mass is 367 g/mol. The number of nitrogens with one attached hydrogen (secondary N) is 1. The van der Waals surface area contributed by atoms with E-state index in [1.807, 2.05) is 53.6 Å². The van der Waals surface area contributed by atoms with Crippen LogP contribution in [0.15, 0.2) is 54.7 Å². The number of hydrogen-bond acceptors (Lipinski definition) is 6. The molecule has 2 aromatic carbocycles. The lowest BCUT2D eigenvalue weighted by molar-refractivity contribution is 0.281. The van der Waals surface area contributed by atoms with E-state index in [0.29, 0.717) is 19.6 Å². The molecule has 0 aliphatic rings. The number of nitrogens with zero attached hydrogens (tertiary/aromatic N) is 2. The first kappa shape index (κ1) is 19.1. The van der Waals surface area contributed by atoms with Crippen molar-refractivity contribution in [1.29, 1.82) is 0 Å². The molecule has 3 rings (SSSR count). The van der Waals surface area contributed by atoms with Gasteiger partial charge in [-0.2, -0.15) is 0 Å². The molecule has 27 heavy (non-hydrogen) atoms. The van der Waals surface area contributed by atoms with E-state index < -0.39 is 0 Å². The van der Waals surface area contributed by atoms with Crippen LogP contribution >= 0.6 is 0 Å². The lowest BCUT2D eigenvalue weighted by Crippen LogP contribution is -2.29. The van der Waals surface area contributed by atoms with Gasteiger partial charge in [-0.1, -0.05) is 36.4 Å². The van der Waals surface area contributed by atoms with E-state index in [0.717, 1.165) is 33.4 Å². The van der Waals surface area contributed by atoms with Crippen LogP contribution in [0.5, 0.6) is 0 Å². The largest absolute Gasteiger partial charge is 0.395 e. The van der Waals surface area contributed by atoms with E-state index in [9.17, 15) is 10.2 Å². The van der Waals surface area contributed by atoms with Gasteiger partial charge >= 0.3 is 0 Å². The Hall–Kier alpha value is -2.67. The Morgan fingerprint density at radius 3 is 2.22 bits per heavy atom. The molecule has 0 radical (unpaired) electrons. The maximum atomic E-state index is 9.23. The van der Waals surface area contributed by atoms with Crippen molar-refractivity contribution in [1.82, 2.24) is 4.98 Å². The van der Waals surface area contributed by atoms with E-state index in [-0.39, 0.29) is 19.8 Å². The van der Waals surface area contributed by atoms with Gasteiger partial charge in [0.15, 0.2) is 0 Å². The zero-order valence-corrected chi connectivity index (χ0v) is 15.2. The predicted octanol–water partition coefficient (Wildman–Crippen LogP) is 2.10. The zero-order chi connectivity index (χ0) is 19.1. The normalized spacial score (nSPS) is 10.9. The van der Waals surface area contributed by atoms with Crippen LogP contribution in [-0.4, -0.2) is 59.8 Å². The van der Waals surface area contributed by atoms with Crippen molar-refractivity contribution in [2.75, 3.05) is 49.7 Å². The maximum Gasteiger partial charge on any atom is 0.134 e. The molecule has 0 aliphatic carbocycles. The Kier molecular flexibility index (Phi) is 6.59. The highest BCUT2D eigenvalue weighted by atomic mass is 16.3. The molecule has 142 valence electrons. The fraction of sp³-hybridized carbons (Fsp3) is 0.286. The molecule has 1 aromatic heterocycles. The summed E-state index contributed by atoms with van der Waals surface area (Å²) in [6.45, 7) is 1.47. The summed E-state index contributed by atoms with van der Waals surface area (Å²) in [6.07, 6.45) is 1.83. The summed E-state index contributed by atoms with van der Waals surface area (Å²) in [4.78, 5) is 6.48. The first-order valence-corrected chi connectivity index (χ1v) is 9.08. The highest BCUT2D eigenvalue weighted by molar-refractivity contribution is 6.01. The van der Waals surface area contributed by atoms with Gasteiger partial charge in [0.1, 0.15) is 5.82 Å². The van der Waals surface area contributed by atoms with Gasteiger partial charge in [-0.3, -0.25) is 0 Å². The minimum absolute atomic E-state index is 0.0319. The SMILES string of the molecule is OCCNc1ncc2ccccc2c1-c1ccc(N(CCO)CCO)cc1. The minimum atomic E-state index is 0.0319. The molecule has 3 aromatic rings. The van der Waals surface area contributed by atoms with Crippen molar-refractivity contribution in [3.63, 3.8) is 0 Å². The molecule has 0 spiro atoms. The third-order valence-electron chi connectivity index (χ3n) is 4.46. The minimum Gasteiger partial charge on any atom is -0.395 e. The van der Waals surface area contributed by atoms with Crippen LogP contribution in [0.2, 0.25) is 0 Å². The first-order chi connectivity index (χ1) is 13.3. The van der Waals surface area contributed by atoms with Crippen LogP contribution in [-0.2, 0) is 0 Å². The van der Waals surface area contributed by atoms with Crippen LogP contribution in [0.1, 0.15) is 0 Å². The number of fused-ring (bicyclic) bond motifs is 1. The van der Waals surface area contributed by atoms with Crippen molar-refractivity contribution in [3.05, 3.63) is 54.7 Å². The van der Waals surface area contributed by atoms with Gasteiger partial charge in [0.05, 0.1) is 19.8 Å². The summed E-state index contributed by atoms with van der Waals surface area (Å²) in [5, 5.41) is 33.0. The van der Waals surface area contributed by atoms with Gasteiger partial charge in [-0.25, -0.2) is 4.98 Å². The highest BCUT2D eigenvalue weighted by Crippen LogP contribution is 2.34. The molecule has 0 bridgehead atoms. The van der Waals surface area contributed by atoms with Crippen molar-refractivity contribution >= 4 is 22.3 Å². The molecule has 4 N–H and O–H groups in total. The standard InChI is InChI=1S/C21H25N3O3/c25-12-9-22-21-20(19-4-2-1-3-17(19)15-23-21)16-5-7-18(8-6-16)24(10-13-26)11-14-27/h1-8,15,25-27H,9-14H2,(H,22,23). The molecule has 0 fully saturated rings. The third-order valence-corrected chi connectivity index (χ3v) is 4.46. The Morgan fingerprint density at radius 2 is 1.56 bits per heavy atom. The number of rotatable bonds is 9. The van der Waals surface area contributed by atoms with Crippen molar-refractivity contribution in [3.8, 4) is 11.1 Å². The summed E-state index contributed by atoms with van der Waals surface area (Å²) < 4.78 is 0. The van der Waals surface area contributed by atoms with Gasteiger partial charge in [0.25, 0.3) is 0 Å². The summed E-state index contributed by atoms with van der Waals surface area (Å²) in [6, 6.07) is 16.1. The van der Waals surface area contributed by atoms with Crippen LogP contribution in [0.3, 0.4) is 0 Å². The molecular formula is C21H25N3O3. The van der Waals surface area contributed by atoms with Gasteiger partial charge < -0.3 is 25.5 Å². The molecule has 6 nitrogen and oxygen atoms in total. The van der Waals surface area contributed by atoms with Crippen molar-refractivity contribution in [2.24, 2.45) is 0 Å². The fourth-order valence-corrected chi connectivity index (χ4v) is 3.21. The van der Waals surface area contributed by atoms with Gasteiger partial charge in [0, 0.05) is 42.5 Å². The molecule has 1 heterocycles. The van der Waals surface area contributed by atoms with E-state index in [2.05, 4.69) is 16.4 Å². The average molecular weight is 367 g/mol. The molecule has 0 amide bonds. The molecule has 0 saturated carbocycles. The van der Waals surface area contributed by atoms with E-state index in [1.165, 1.54) is 0 Å². The molecule has 0 unspecified atom stereocenters. The number of pyridine rings is 1. The van der Waals surface area contributed by atoms with Crippen LogP contribution in [0.4, 0.5) is 11.5 Å². The number of aliphatic hydroxyl groups excluding tert-OH is 3. The summed E-state index contributed by atoms with van der Waals surface area (Å²) >= 11 is 0. The van der Waals surface area contributed by atoms with Crippen LogP contribution in [0, 0.1) is 0 Å². The second kappa shape index (κ2) is 9.32. The Balaban J connectivity index is 2.03. The van der Waals surface area contributed by atoms with E-state index in [4.69, 9.17) is 5.11 Å². The smallest absolute Gasteiger partial charge is 0.134 e. The first-order valence-electron chi connectivity index (χ1n) is 9.08. The molecule has 6 heteroatoms. The second-order valence-electron chi connectivity index (χ2n) is 6.20. The van der Waals surface area contributed by atoms with Crippen LogP contribution < -0.4 is 10.2 Å². The van der Waals surface area contributed by atoms with Gasteiger partial charge in [0.2, 0.25) is 0 Å². The number of anilines is 2. The van der Waals surface area contributed by atoms with E-state index >= 15 is 0 Å². The Morgan fingerprint density at radius 1 is 0.852 bits per heavy atom. The topological polar surface area (TPSA) is 88.9 Å². The quantitative estimate of drug-likeness (QED) is 0.463. The van der Waals surface area contributed by atoms with Crippen LogP contribution in [0.25, 0.3) is 21.9 Å². The number of aromatic nitrogens is 1. The van der Waals surface area contributed by atoms with Crippen molar-refractivity contribution in [2.45, 2.75) is 0 Å². The lowest BCUT2D eigenvalue weighted by atomic mass is 9.99.